The molecule has 1 aliphatic carbocycles. The van der Waals surface area contributed by atoms with E-state index in [1.54, 1.807) is 16.4 Å². The number of alkyl halides is 3. The third-order valence-electron chi connectivity index (χ3n) is 8.75. The van der Waals surface area contributed by atoms with Gasteiger partial charge in [0.05, 0.1) is 39.9 Å². The van der Waals surface area contributed by atoms with Crippen molar-refractivity contribution in [2.24, 2.45) is 0 Å². The van der Waals surface area contributed by atoms with Crippen molar-refractivity contribution in [3.05, 3.63) is 56.6 Å². The lowest BCUT2D eigenvalue weighted by atomic mass is 9.81. The van der Waals surface area contributed by atoms with Crippen LogP contribution in [0.25, 0.3) is 11.2 Å². The molecule has 1 N–H and O–H groups in total. The molecule has 6 rings (SSSR count). The van der Waals surface area contributed by atoms with Gasteiger partial charge in [0.2, 0.25) is 11.3 Å². The molecule has 0 bridgehead atoms. The van der Waals surface area contributed by atoms with E-state index in [4.69, 9.17) is 16.3 Å². The van der Waals surface area contributed by atoms with Gasteiger partial charge in [-0.3, -0.25) is 9.59 Å². The second-order valence-electron chi connectivity index (χ2n) is 13.0. The summed E-state index contributed by atoms with van der Waals surface area (Å²) in [5.41, 5.74) is 0.176. The first-order chi connectivity index (χ1) is 21.0. The number of nitrogens with zero attached hydrogens (tertiary/aromatic N) is 5. The summed E-state index contributed by atoms with van der Waals surface area (Å²) in [6, 6.07) is 1.66. The number of rotatable bonds is 3. The van der Waals surface area contributed by atoms with Gasteiger partial charge in [0.15, 0.2) is 11.2 Å². The summed E-state index contributed by atoms with van der Waals surface area (Å²) in [4.78, 5) is 53.9. The lowest BCUT2D eigenvalue weighted by Crippen LogP contribution is -2.67. The Morgan fingerprint density at radius 3 is 2.44 bits per heavy atom. The number of hydrogen-bond donors (Lipinski definition) is 1. The maximum absolute atomic E-state index is 14.2. The molecule has 2 aliphatic heterocycles. The third kappa shape index (κ3) is 5.49. The van der Waals surface area contributed by atoms with E-state index in [9.17, 15) is 27.6 Å². The minimum absolute atomic E-state index is 0.0406. The van der Waals surface area contributed by atoms with E-state index in [2.05, 4.69) is 20.2 Å². The van der Waals surface area contributed by atoms with Gasteiger partial charge in [-0.25, -0.2) is 14.8 Å². The van der Waals surface area contributed by atoms with Crippen molar-refractivity contribution in [2.75, 3.05) is 23.3 Å². The SMILES string of the molecule is Cc1cnc2c(n1)c(=O)c(N1CCN(C(=O)OC(C)(C)C)[C@H]3CC[C@@H]31)c1n2[C@H](C(=O)Nc2ccc(C(F)(F)F)cc2Cl)C[C@H]1C. The number of amides is 2. The molecule has 4 atom stereocenters. The summed E-state index contributed by atoms with van der Waals surface area (Å²) in [6.07, 6.45) is -1.58. The summed E-state index contributed by atoms with van der Waals surface area (Å²) < 4.78 is 46.9. The number of pyridine rings is 1. The standard InChI is InChI=1S/C31H34ClF3N6O4/c1-15-12-22(28(43)38-19-7-6-17(13-18(19)32)31(33,34)35)41-24(15)25(26(42)23-27(41)36-14-16(2)37-23)39-10-11-40(21-9-8-20(21)39)29(44)45-30(3,4)5/h6-7,13-15,20-22H,8-12H2,1-5H3,(H,38,43)/t15-,20+,21+,22+/m1/s1. The van der Waals surface area contributed by atoms with Gasteiger partial charge in [-0.2, -0.15) is 13.2 Å². The number of hydrogen-bond acceptors (Lipinski definition) is 7. The zero-order valence-corrected chi connectivity index (χ0v) is 26.3. The molecule has 4 heterocycles. The van der Waals surface area contributed by atoms with Gasteiger partial charge in [-0.1, -0.05) is 18.5 Å². The molecule has 0 spiro atoms. The maximum Gasteiger partial charge on any atom is 0.416 e. The molecule has 0 radical (unpaired) electrons. The molecule has 1 aromatic carbocycles. The normalized spacial score (nSPS) is 23.0. The van der Waals surface area contributed by atoms with Gasteiger partial charge in [0, 0.05) is 25.0 Å². The predicted molar refractivity (Wildman–Crippen MR) is 163 cm³/mol. The minimum Gasteiger partial charge on any atom is -0.444 e. The first kappa shape index (κ1) is 31.1. The van der Waals surface area contributed by atoms with Crippen LogP contribution < -0.4 is 15.6 Å². The van der Waals surface area contributed by atoms with E-state index in [1.165, 1.54) is 6.20 Å². The van der Waals surface area contributed by atoms with E-state index in [-0.39, 0.29) is 51.4 Å². The molecule has 14 heteroatoms. The Bertz CT molecular complexity index is 1770. The van der Waals surface area contributed by atoms with Crippen molar-refractivity contribution in [2.45, 2.75) is 89.7 Å². The first-order valence-corrected chi connectivity index (χ1v) is 15.3. The average Bonchev–Trinajstić information content (AvgIpc) is 3.26. The van der Waals surface area contributed by atoms with Gasteiger partial charge >= 0.3 is 12.3 Å². The molecule has 1 saturated heterocycles. The quantitative estimate of drug-likeness (QED) is 0.369. The number of anilines is 2. The molecule has 2 amide bonds. The van der Waals surface area contributed by atoms with Crippen molar-refractivity contribution < 1.29 is 27.5 Å². The molecule has 45 heavy (non-hydrogen) atoms. The van der Waals surface area contributed by atoms with Crippen LogP contribution in [0.5, 0.6) is 0 Å². The molecule has 2 fully saturated rings. The Morgan fingerprint density at radius 1 is 1.11 bits per heavy atom. The zero-order chi connectivity index (χ0) is 32.6. The molecular formula is C31H34ClF3N6O4. The Kier molecular flexibility index (Phi) is 7.53. The topological polar surface area (TPSA) is 110 Å². The molecule has 10 nitrogen and oxygen atoms in total. The number of ether oxygens (including phenoxy) is 1. The van der Waals surface area contributed by atoms with Crippen LogP contribution in [-0.4, -0.2) is 62.2 Å². The number of carbonyl (C=O) groups excluding carboxylic acids is 2. The molecule has 240 valence electrons. The van der Waals surface area contributed by atoms with Crippen LogP contribution >= 0.6 is 11.6 Å². The summed E-state index contributed by atoms with van der Waals surface area (Å²) >= 11 is 6.15. The second-order valence-corrected chi connectivity index (χ2v) is 13.4. The van der Waals surface area contributed by atoms with Crippen LogP contribution in [-0.2, 0) is 15.7 Å². The Morgan fingerprint density at radius 2 is 1.82 bits per heavy atom. The number of benzene rings is 1. The number of halogens is 4. The highest BCUT2D eigenvalue weighted by Gasteiger charge is 2.49. The lowest BCUT2D eigenvalue weighted by Gasteiger charge is -2.54. The summed E-state index contributed by atoms with van der Waals surface area (Å²) in [7, 11) is 0. The molecule has 2 aromatic heterocycles. The number of aromatic nitrogens is 3. The van der Waals surface area contributed by atoms with Crippen molar-refractivity contribution in [3.8, 4) is 0 Å². The third-order valence-corrected chi connectivity index (χ3v) is 9.06. The van der Waals surface area contributed by atoms with E-state index in [0.717, 1.165) is 31.0 Å². The fourth-order valence-electron chi connectivity index (χ4n) is 6.67. The van der Waals surface area contributed by atoms with Gasteiger partial charge in [-0.05, 0) is 65.2 Å². The first-order valence-electron chi connectivity index (χ1n) is 14.9. The van der Waals surface area contributed by atoms with Gasteiger partial charge in [-0.15, -0.1) is 0 Å². The number of piperazine rings is 1. The monoisotopic (exact) mass is 646 g/mol. The highest BCUT2D eigenvalue weighted by atomic mass is 35.5. The average molecular weight is 647 g/mol. The fourth-order valence-corrected chi connectivity index (χ4v) is 6.90. The van der Waals surface area contributed by atoms with Gasteiger partial charge in [0.1, 0.15) is 17.3 Å². The van der Waals surface area contributed by atoms with Gasteiger partial charge in [0.25, 0.3) is 0 Å². The molecule has 3 aromatic rings. The van der Waals surface area contributed by atoms with E-state index < -0.39 is 29.3 Å². The van der Waals surface area contributed by atoms with E-state index >= 15 is 0 Å². The van der Waals surface area contributed by atoms with Crippen molar-refractivity contribution in [3.63, 3.8) is 0 Å². The molecule has 1 saturated carbocycles. The van der Waals surface area contributed by atoms with Crippen LogP contribution in [0.4, 0.5) is 29.3 Å². The minimum atomic E-state index is -4.58. The molecule has 3 aliphatic rings. The van der Waals surface area contributed by atoms with Crippen LogP contribution in [0.15, 0.2) is 29.2 Å². The molecular weight excluding hydrogens is 613 g/mol. The largest absolute Gasteiger partial charge is 0.444 e. The number of fused-ring (bicyclic) bond motifs is 4. The van der Waals surface area contributed by atoms with E-state index in [0.29, 0.717) is 36.6 Å². The Balaban J connectivity index is 1.39. The number of aryl methyl sites for hydroxylation is 1. The van der Waals surface area contributed by atoms with Gasteiger partial charge < -0.3 is 24.4 Å². The summed E-state index contributed by atoms with van der Waals surface area (Å²) in [5.74, 6) is -0.752. The van der Waals surface area contributed by atoms with Crippen LogP contribution in [0.1, 0.15) is 75.9 Å². The van der Waals surface area contributed by atoms with Crippen molar-refractivity contribution in [1.82, 2.24) is 19.4 Å². The summed E-state index contributed by atoms with van der Waals surface area (Å²) in [5, 5.41) is 2.44. The Hall–Kier alpha value is -3.87. The fraction of sp³-hybridized carbons (Fsp3) is 0.516. The smallest absolute Gasteiger partial charge is 0.416 e. The highest BCUT2D eigenvalue weighted by molar-refractivity contribution is 6.33. The van der Waals surface area contributed by atoms with Crippen LogP contribution in [0, 0.1) is 6.92 Å². The van der Waals surface area contributed by atoms with Crippen LogP contribution in [0.3, 0.4) is 0 Å². The van der Waals surface area contributed by atoms with E-state index in [1.807, 2.05) is 27.7 Å². The Labute approximate surface area is 262 Å². The second kappa shape index (κ2) is 10.9. The van der Waals surface area contributed by atoms with Crippen LogP contribution in [0.2, 0.25) is 5.02 Å². The lowest BCUT2D eigenvalue weighted by molar-refractivity contribution is -0.137. The highest BCUT2D eigenvalue weighted by Crippen LogP contribution is 2.45. The zero-order valence-electron chi connectivity index (χ0n) is 25.5. The number of nitrogens with one attached hydrogen (secondary N) is 1. The number of carbonyl (C=O) groups is 2. The summed E-state index contributed by atoms with van der Waals surface area (Å²) in [6.45, 7) is 9.86. The molecule has 0 unspecified atom stereocenters. The van der Waals surface area contributed by atoms with Crippen molar-refractivity contribution >= 4 is 46.1 Å². The predicted octanol–water partition coefficient (Wildman–Crippen LogP) is 6.05. The maximum atomic E-state index is 14.2. The van der Waals surface area contributed by atoms with Crippen molar-refractivity contribution in [1.29, 1.82) is 0 Å².